The van der Waals surface area contributed by atoms with Gasteiger partial charge in [0.25, 0.3) is 0 Å². The number of methoxy groups -OCH3 is 1. The van der Waals surface area contributed by atoms with Crippen LogP contribution >= 0.6 is 11.6 Å². The van der Waals surface area contributed by atoms with E-state index < -0.39 is 22.0 Å². The van der Waals surface area contributed by atoms with Crippen LogP contribution in [-0.2, 0) is 32.5 Å². The SMILES string of the molecule is COC(=O)[C@@H]1Cc2ccccc2CN1S(=O)(=O)c1ccc(Cl)cc1. The minimum Gasteiger partial charge on any atom is -0.468 e. The third-order valence-electron chi connectivity index (χ3n) is 4.10. The molecule has 0 saturated carbocycles. The summed E-state index contributed by atoms with van der Waals surface area (Å²) in [5.41, 5.74) is 1.84. The Balaban J connectivity index is 2.05. The summed E-state index contributed by atoms with van der Waals surface area (Å²) in [5.74, 6) is -0.568. The zero-order valence-corrected chi connectivity index (χ0v) is 14.5. The highest BCUT2D eigenvalue weighted by molar-refractivity contribution is 7.89. The van der Waals surface area contributed by atoms with E-state index in [1.165, 1.54) is 35.7 Å². The van der Waals surface area contributed by atoms with Crippen molar-refractivity contribution in [3.63, 3.8) is 0 Å². The predicted molar refractivity (Wildman–Crippen MR) is 90.1 cm³/mol. The highest BCUT2D eigenvalue weighted by Gasteiger charge is 2.40. The molecule has 2 aromatic carbocycles. The summed E-state index contributed by atoms with van der Waals surface area (Å²) in [7, 11) is -2.59. The van der Waals surface area contributed by atoms with E-state index in [1.807, 2.05) is 24.3 Å². The number of fused-ring (bicyclic) bond motifs is 1. The van der Waals surface area contributed by atoms with Gasteiger partial charge < -0.3 is 4.74 Å². The van der Waals surface area contributed by atoms with Crippen LogP contribution in [0.4, 0.5) is 0 Å². The fourth-order valence-corrected chi connectivity index (χ4v) is 4.51. The maximum atomic E-state index is 13.0. The van der Waals surface area contributed by atoms with Crippen molar-refractivity contribution in [1.82, 2.24) is 4.31 Å². The molecule has 0 bridgehead atoms. The van der Waals surface area contributed by atoms with Gasteiger partial charge in [0, 0.05) is 18.0 Å². The van der Waals surface area contributed by atoms with Gasteiger partial charge in [0.2, 0.25) is 10.0 Å². The average Bonchev–Trinajstić information content (AvgIpc) is 2.60. The lowest BCUT2D eigenvalue weighted by Crippen LogP contribution is -2.48. The number of ether oxygens (including phenoxy) is 1. The molecule has 1 aliphatic rings. The molecule has 24 heavy (non-hydrogen) atoms. The van der Waals surface area contributed by atoms with E-state index >= 15 is 0 Å². The van der Waals surface area contributed by atoms with E-state index in [4.69, 9.17) is 16.3 Å². The second-order valence-electron chi connectivity index (χ2n) is 5.52. The number of halogens is 1. The van der Waals surface area contributed by atoms with Crippen molar-refractivity contribution >= 4 is 27.6 Å². The smallest absolute Gasteiger partial charge is 0.324 e. The Morgan fingerprint density at radius 3 is 2.38 bits per heavy atom. The summed E-state index contributed by atoms with van der Waals surface area (Å²) in [4.78, 5) is 12.3. The van der Waals surface area contributed by atoms with Gasteiger partial charge in [-0.15, -0.1) is 0 Å². The van der Waals surface area contributed by atoms with Gasteiger partial charge in [-0.25, -0.2) is 8.42 Å². The Morgan fingerprint density at radius 2 is 1.75 bits per heavy atom. The number of rotatable bonds is 3. The normalized spacial score (nSPS) is 18.0. The number of sulfonamides is 1. The molecule has 1 aliphatic heterocycles. The Kier molecular flexibility index (Phi) is 4.62. The molecule has 0 spiro atoms. The van der Waals surface area contributed by atoms with E-state index in [2.05, 4.69) is 0 Å². The topological polar surface area (TPSA) is 63.7 Å². The molecule has 0 N–H and O–H groups in total. The number of carbonyl (C=O) groups is 1. The predicted octanol–water partition coefficient (Wildman–Crippen LogP) is 2.63. The molecular weight excluding hydrogens is 350 g/mol. The molecule has 1 heterocycles. The molecule has 0 aromatic heterocycles. The lowest BCUT2D eigenvalue weighted by Gasteiger charge is -2.34. The van der Waals surface area contributed by atoms with Crippen molar-refractivity contribution in [1.29, 1.82) is 0 Å². The Hall–Kier alpha value is -1.89. The number of nitrogens with zero attached hydrogens (tertiary/aromatic N) is 1. The van der Waals surface area contributed by atoms with Crippen molar-refractivity contribution in [2.24, 2.45) is 0 Å². The third kappa shape index (κ3) is 3.05. The van der Waals surface area contributed by atoms with E-state index in [-0.39, 0.29) is 17.9 Å². The third-order valence-corrected chi connectivity index (χ3v) is 6.22. The van der Waals surface area contributed by atoms with Gasteiger partial charge in [0.15, 0.2) is 0 Å². The van der Waals surface area contributed by atoms with Gasteiger partial charge in [0.1, 0.15) is 6.04 Å². The highest BCUT2D eigenvalue weighted by Crippen LogP contribution is 2.30. The molecule has 0 saturated heterocycles. The zero-order valence-electron chi connectivity index (χ0n) is 13.0. The molecule has 7 heteroatoms. The zero-order chi connectivity index (χ0) is 17.3. The van der Waals surface area contributed by atoms with E-state index in [0.29, 0.717) is 5.02 Å². The highest BCUT2D eigenvalue weighted by atomic mass is 35.5. The van der Waals surface area contributed by atoms with E-state index in [1.54, 1.807) is 0 Å². The minimum atomic E-state index is -3.85. The summed E-state index contributed by atoms with van der Waals surface area (Å²) in [6, 6.07) is 12.5. The van der Waals surface area contributed by atoms with E-state index in [9.17, 15) is 13.2 Å². The van der Waals surface area contributed by atoms with Gasteiger partial charge in [-0.2, -0.15) is 4.31 Å². The first kappa shape index (κ1) is 17.0. The quantitative estimate of drug-likeness (QED) is 0.784. The van der Waals surface area contributed by atoms with Crippen LogP contribution in [0.2, 0.25) is 5.02 Å². The van der Waals surface area contributed by atoms with Crippen LogP contribution in [0.25, 0.3) is 0 Å². The molecule has 0 unspecified atom stereocenters. The molecule has 0 fully saturated rings. The number of hydrogen-bond acceptors (Lipinski definition) is 4. The molecule has 0 radical (unpaired) electrons. The summed E-state index contributed by atoms with van der Waals surface area (Å²) < 4.78 is 32.0. The Bertz CT molecular complexity index is 864. The van der Waals surface area contributed by atoms with Crippen molar-refractivity contribution in [2.75, 3.05) is 7.11 Å². The molecule has 0 amide bonds. The van der Waals surface area contributed by atoms with Crippen molar-refractivity contribution in [3.8, 4) is 0 Å². The van der Waals surface area contributed by atoms with Crippen molar-refractivity contribution < 1.29 is 17.9 Å². The van der Waals surface area contributed by atoms with Crippen LogP contribution in [0, 0.1) is 0 Å². The van der Waals surface area contributed by atoms with Crippen LogP contribution in [0.5, 0.6) is 0 Å². The fraction of sp³-hybridized carbons (Fsp3) is 0.235. The lowest BCUT2D eigenvalue weighted by atomic mass is 9.96. The van der Waals surface area contributed by atoms with Gasteiger partial charge >= 0.3 is 5.97 Å². The first-order valence-electron chi connectivity index (χ1n) is 7.35. The van der Waals surface area contributed by atoms with Crippen LogP contribution in [0.15, 0.2) is 53.4 Å². The van der Waals surface area contributed by atoms with E-state index in [0.717, 1.165) is 11.1 Å². The van der Waals surface area contributed by atoms with Crippen molar-refractivity contribution in [2.45, 2.75) is 23.9 Å². The first-order chi connectivity index (χ1) is 11.4. The molecule has 3 rings (SSSR count). The molecule has 126 valence electrons. The van der Waals surface area contributed by atoms with Crippen LogP contribution in [0.3, 0.4) is 0 Å². The van der Waals surface area contributed by atoms with Gasteiger partial charge in [-0.05, 0) is 35.4 Å². The Labute approximate surface area is 145 Å². The maximum absolute atomic E-state index is 13.0. The molecule has 5 nitrogen and oxygen atoms in total. The van der Waals surface area contributed by atoms with Gasteiger partial charge in [-0.3, -0.25) is 4.79 Å². The number of esters is 1. The van der Waals surface area contributed by atoms with Crippen molar-refractivity contribution in [3.05, 3.63) is 64.7 Å². The van der Waals surface area contributed by atoms with Crippen LogP contribution < -0.4 is 0 Å². The summed E-state index contributed by atoms with van der Waals surface area (Å²) in [6.45, 7) is 0.126. The van der Waals surface area contributed by atoms with Crippen LogP contribution in [0.1, 0.15) is 11.1 Å². The molecular formula is C17H16ClNO4S. The standard InChI is InChI=1S/C17H16ClNO4S/c1-23-17(20)16-10-12-4-2-3-5-13(12)11-19(16)24(21,22)15-8-6-14(18)7-9-15/h2-9,16H,10-11H2,1H3/t16-/m0/s1. The number of benzene rings is 2. The monoisotopic (exact) mass is 365 g/mol. The fourth-order valence-electron chi connectivity index (χ4n) is 2.83. The first-order valence-corrected chi connectivity index (χ1v) is 9.17. The maximum Gasteiger partial charge on any atom is 0.324 e. The lowest BCUT2D eigenvalue weighted by molar-refractivity contribution is -0.145. The Morgan fingerprint density at radius 1 is 1.12 bits per heavy atom. The second-order valence-corrected chi connectivity index (χ2v) is 7.84. The second kappa shape index (κ2) is 6.55. The van der Waals surface area contributed by atoms with Gasteiger partial charge in [0.05, 0.1) is 12.0 Å². The average molecular weight is 366 g/mol. The van der Waals surface area contributed by atoms with Crippen LogP contribution in [-0.4, -0.2) is 31.8 Å². The summed E-state index contributed by atoms with van der Waals surface area (Å²) in [6.07, 6.45) is 0.287. The van der Waals surface area contributed by atoms with Gasteiger partial charge in [-0.1, -0.05) is 35.9 Å². The molecule has 2 aromatic rings. The molecule has 1 atom stereocenters. The summed E-state index contributed by atoms with van der Waals surface area (Å²) >= 11 is 5.83. The number of carbonyl (C=O) groups excluding carboxylic acids is 1. The largest absolute Gasteiger partial charge is 0.468 e. The number of hydrogen-bond donors (Lipinski definition) is 0. The molecule has 0 aliphatic carbocycles. The summed E-state index contributed by atoms with van der Waals surface area (Å²) in [5, 5.41) is 0.447. The minimum absolute atomic E-state index is 0.0974.